The van der Waals surface area contributed by atoms with Gasteiger partial charge in [0.25, 0.3) is 0 Å². The summed E-state index contributed by atoms with van der Waals surface area (Å²) in [6.07, 6.45) is 90.3. The Bertz CT molecular complexity index is 1380. The summed E-state index contributed by atoms with van der Waals surface area (Å²) in [4.78, 5) is 38.6. The second-order valence-electron chi connectivity index (χ2n) is 25.6. The smallest absolute Gasteiger partial charge is 0.306 e. The van der Waals surface area contributed by atoms with Crippen LogP contribution in [0.1, 0.15) is 419 Å². The maximum Gasteiger partial charge on any atom is 0.306 e. The van der Waals surface area contributed by atoms with E-state index in [0.717, 1.165) is 64.2 Å². The molecular formula is C77H144O6. The molecule has 488 valence electrons. The van der Waals surface area contributed by atoms with Gasteiger partial charge in [0, 0.05) is 19.3 Å². The number of esters is 3. The topological polar surface area (TPSA) is 78.9 Å². The Morgan fingerprint density at radius 3 is 0.675 bits per heavy atom. The largest absolute Gasteiger partial charge is 0.462 e. The fourth-order valence-electron chi connectivity index (χ4n) is 11.5. The SMILES string of the molecule is CCCCCCC/C=C\C/C=C\CCCCCCCCCCCC(=O)OC(COC(=O)CCCCCCCCCCCCC/C=C\CCCCCCCCCC)COC(=O)CCCCCCCCCCCCCCCCCCCCCCC. The molecular weight excluding hydrogens is 1020 g/mol. The Morgan fingerprint density at radius 2 is 0.434 bits per heavy atom. The predicted octanol–water partition coefficient (Wildman–Crippen LogP) is 25.9. The number of allylic oxidation sites excluding steroid dienone is 6. The van der Waals surface area contributed by atoms with Crippen molar-refractivity contribution < 1.29 is 28.6 Å². The monoisotopic (exact) mass is 1170 g/mol. The van der Waals surface area contributed by atoms with Gasteiger partial charge < -0.3 is 14.2 Å². The third-order valence-corrected chi connectivity index (χ3v) is 17.1. The molecule has 1 atom stereocenters. The van der Waals surface area contributed by atoms with Crippen molar-refractivity contribution in [3.8, 4) is 0 Å². The van der Waals surface area contributed by atoms with Crippen LogP contribution in [0.5, 0.6) is 0 Å². The molecule has 0 saturated carbocycles. The van der Waals surface area contributed by atoms with Crippen LogP contribution < -0.4 is 0 Å². The molecule has 6 heteroatoms. The van der Waals surface area contributed by atoms with E-state index in [0.29, 0.717) is 19.3 Å². The van der Waals surface area contributed by atoms with E-state index < -0.39 is 6.10 Å². The first-order valence-corrected chi connectivity index (χ1v) is 37.5. The summed E-state index contributed by atoms with van der Waals surface area (Å²) in [6, 6.07) is 0. The van der Waals surface area contributed by atoms with Gasteiger partial charge in [0.2, 0.25) is 0 Å². The molecule has 0 aliphatic carbocycles. The minimum atomic E-state index is -0.774. The lowest BCUT2D eigenvalue weighted by Crippen LogP contribution is -2.30. The number of carbonyl (C=O) groups is 3. The van der Waals surface area contributed by atoms with Gasteiger partial charge in [0.15, 0.2) is 6.10 Å². The molecule has 6 nitrogen and oxygen atoms in total. The summed E-state index contributed by atoms with van der Waals surface area (Å²) in [5.41, 5.74) is 0. The maximum atomic E-state index is 13.0. The average Bonchev–Trinajstić information content (AvgIpc) is 3.49. The van der Waals surface area contributed by atoms with Crippen LogP contribution in [-0.2, 0) is 28.6 Å². The number of carbonyl (C=O) groups excluding carboxylic acids is 3. The number of rotatable bonds is 70. The molecule has 0 saturated heterocycles. The fraction of sp³-hybridized carbons (Fsp3) is 0.883. The van der Waals surface area contributed by atoms with E-state index in [4.69, 9.17) is 14.2 Å². The summed E-state index contributed by atoms with van der Waals surface area (Å²) >= 11 is 0. The van der Waals surface area contributed by atoms with Gasteiger partial charge in [-0.3, -0.25) is 14.4 Å². The van der Waals surface area contributed by atoms with Gasteiger partial charge in [0.05, 0.1) is 0 Å². The highest BCUT2D eigenvalue weighted by atomic mass is 16.6. The van der Waals surface area contributed by atoms with Crippen LogP contribution in [0, 0.1) is 0 Å². The molecule has 0 aromatic heterocycles. The maximum absolute atomic E-state index is 13.0. The molecule has 0 aromatic carbocycles. The molecule has 0 aliphatic rings. The molecule has 0 N–H and O–H groups in total. The van der Waals surface area contributed by atoms with Gasteiger partial charge in [0.1, 0.15) is 13.2 Å². The number of ether oxygens (including phenoxy) is 3. The lowest BCUT2D eigenvalue weighted by atomic mass is 10.0. The number of hydrogen-bond donors (Lipinski definition) is 0. The van der Waals surface area contributed by atoms with Crippen molar-refractivity contribution in [1.82, 2.24) is 0 Å². The zero-order valence-corrected chi connectivity index (χ0v) is 56.2. The molecule has 0 fully saturated rings. The Balaban J connectivity index is 4.31. The quantitative estimate of drug-likeness (QED) is 0.0261. The third kappa shape index (κ3) is 70.3. The number of unbranched alkanes of at least 4 members (excludes halogenated alkanes) is 53. The van der Waals surface area contributed by atoms with E-state index in [1.165, 1.54) is 315 Å². The van der Waals surface area contributed by atoms with Crippen LogP contribution in [0.15, 0.2) is 36.5 Å². The zero-order valence-electron chi connectivity index (χ0n) is 56.2. The highest BCUT2D eigenvalue weighted by molar-refractivity contribution is 5.71. The van der Waals surface area contributed by atoms with Crippen LogP contribution in [0.4, 0.5) is 0 Å². The van der Waals surface area contributed by atoms with Gasteiger partial charge in [-0.25, -0.2) is 0 Å². The van der Waals surface area contributed by atoms with E-state index in [1.807, 2.05) is 0 Å². The molecule has 83 heavy (non-hydrogen) atoms. The molecule has 0 amide bonds. The Hall–Kier alpha value is -2.37. The molecule has 0 radical (unpaired) electrons. The minimum absolute atomic E-state index is 0.0686. The summed E-state index contributed by atoms with van der Waals surface area (Å²) in [7, 11) is 0. The van der Waals surface area contributed by atoms with Crippen molar-refractivity contribution in [2.24, 2.45) is 0 Å². The van der Waals surface area contributed by atoms with Crippen molar-refractivity contribution in [3.63, 3.8) is 0 Å². The van der Waals surface area contributed by atoms with Crippen LogP contribution in [0.3, 0.4) is 0 Å². The van der Waals surface area contributed by atoms with Crippen molar-refractivity contribution in [1.29, 1.82) is 0 Å². The van der Waals surface area contributed by atoms with Gasteiger partial charge >= 0.3 is 17.9 Å². The molecule has 0 aromatic rings. The first-order valence-electron chi connectivity index (χ1n) is 37.5. The van der Waals surface area contributed by atoms with E-state index in [2.05, 4.69) is 57.2 Å². The molecule has 0 heterocycles. The van der Waals surface area contributed by atoms with Gasteiger partial charge in [-0.1, -0.05) is 359 Å². The lowest BCUT2D eigenvalue weighted by molar-refractivity contribution is -0.167. The van der Waals surface area contributed by atoms with Crippen LogP contribution in [-0.4, -0.2) is 37.2 Å². The average molecular weight is 1170 g/mol. The summed E-state index contributed by atoms with van der Waals surface area (Å²) in [5, 5.41) is 0. The highest BCUT2D eigenvalue weighted by Gasteiger charge is 2.20. The second kappa shape index (κ2) is 72.1. The zero-order chi connectivity index (χ0) is 59.9. The molecule has 0 aliphatic heterocycles. The van der Waals surface area contributed by atoms with Gasteiger partial charge in [-0.2, -0.15) is 0 Å². The van der Waals surface area contributed by atoms with E-state index in [-0.39, 0.29) is 31.1 Å². The summed E-state index contributed by atoms with van der Waals surface area (Å²) in [5.74, 6) is -0.840. The normalized spacial score (nSPS) is 12.2. The van der Waals surface area contributed by atoms with Crippen LogP contribution >= 0.6 is 0 Å². The van der Waals surface area contributed by atoms with Gasteiger partial charge in [-0.05, 0) is 77.0 Å². The minimum Gasteiger partial charge on any atom is -0.462 e. The molecule has 0 bridgehead atoms. The van der Waals surface area contributed by atoms with Crippen molar-refractivity contribution in [2.45, 2.75) is 425 Å². The molecule has 0 spiro atoms. The predicted molar refractivity (Wildman–Crippen MR) is 362 cm³/mol. The Kier molecular flexibility index (Phi) is 70.0. The molecule has 0 rings (SSSR count). The van der Waals surface area contributed by atoms with Crippen LogP contribution in [0.25, 0.3) is 0 Å². The first-order chi connectivity index (χ1) is 41.0. The highest BCUT2D eigenvalue weighted by Crippen LogP contribution is 2.19. The number of hydrogen-bond acceptors (Lipinski definition) is 6. The van der Waals surface area contributed by atoms with Gasteiger partial charge in [-0.15, -0.1) is 0 Å². The van der Waals surface area contributed by atoms with E-state index in [1.54, 1.807) is 0 Å². The van der Waals surface area contributed by atoms with Crippen molar-refractivity contribution >= 4 is 17.9 Å². The standard InChI is InChI=1S/C77H144O6/c1-4-7-10-13-16-19-22-25-28-31-34-37-38-41-43-46-49-52-55-58-61-64-67-70-76(79)82-73-74(83-77(80)71-68-65-62-59-56-53-50-47-44-40-36-33-30-27-24-21-18-15-12-9-6-3)72-81-75(78)69-66-63-60-57-54-51-48-45-42-39-35-32-29-26-23-20-17-14-11-8-5-2/h24,27,31,33-34,36,74H,4-23,25-26,28-30,32,35,37-73H2,1-3H3/b27-24-,34-31-,36-33-. The van der Waals surface area contributed by atoms with Crippen molar-refractivity contribution in [3.05, 3.63) is 36.5 Å². The van der Waals surface area contributed by atoms with E-state index in [9.17, 15) is 14.4 Å². The summed E-state index contributed by atoms with van der Waals surface area (Å²) < 4.78 is 17.1. The summed E-state index contributed by atoms with van der Waals surface area (Å²) in [6.45, 7) is 6.72. The van der Waals surface area contributed by atoms with Crippen LogP contribution in [0.2, 0.25) is 0 Å². The Morgan fingerprint density at radius 1 is 0.241 bits per heavy atom. The van der Waals surface area contributed by atoms with Crippen molar-refractivity contribution in [2.75, 3.05) is 13.2 Å². The lowest BCUT2D eigenvalue weighted by Gasteiger charge is -2.18. The fourth-order valence-corrected chi connectivity index (χ4v) is 11.5. The first kappa shape index (κ1) is 80.6. The third-order valence-electron chi connectivity index (χ3n) is 17.1. The second-order valence-corrected chi connectivity index (χ2v) is 25.6. The van der Waals surface area contributed by atoms with E-state index >= 15 is 0 Å². The Labute approximate surface area is 518 Å². The molecule has 1 unspecified atom stereocenters.